The summed E-state index contributed by atoms with van der Waals surface area (Å²) in [4.78, 5) is 38.4. The van der Waals surface area contributed by atoms with Gasteiger partial charge in [-0.25, -0.2) is 4.79 Å². The van der Waals surface area contributed by atoms with E-state index < -0.39 is 6.09 Å². The molecule has 0 aromatic heterocycles. The van der Waals surface area contributed by atoms with Crippen molar-refractivity contribution in [3.63, 3.8) is 0 Å². The molecule has 0 radical (unpaired) electrons. The molecule has 1 fully saturated rings. The largest absolute Gasteiger partial charge is 0.465 e. The van der Waals surface area contributed by atoms with Crippen LogP contribution < -0.4 is 5.32 Å². The molecular formula is C27H35N3O4. The van der Waals surface area contributed by atoms with Gasteiger partial charge in [-0.1, -0.05) is 48.5 Å². The average Bonchev–Trinajstić information content (AvgIpc) is 2.85. The number of anilines is 1. The van der Waals surface area contributed by atoms with Gasteiger partial charge in [-0.05, 0) is 55.8 Å². The van der Waals surface area contributed by atoms with Crippen LogP contribution in [0.2, 0.25) is 0 Å². The predicted octanol–water partition coefficient (Wildman–Crippen LogP) is 4.84. The number of carboxylic acid groups (broad SMARTS) is 1. The monoisotopic (exact) mass is 465 g/mol. The van der Waals surface area contributed by atoms with E-state index in [-0.39, 0.29) is 11.8 Å². The Bertz CT molecular complexity index is 956. The SMILES string of the molecule is CN(CCN1CCC(c2cccc(-c3ccccc3)c2NC(=O)O)CC1)C(=O)CCCCC=O. The van der Waals surface area contributed by atoms with E-state index in [2.05, 4.69) is 10.2 Å². The number of nitrogens with one attached hydrogen (secondary N) is 1. The van der Waals surface area contributed by atoms with E-state index in [0.29, 0.717) is 25.1 Å². The number of piperidine rings is 1. The fraction of sp³-hybridized carbons (Fsp3) is 0.444. The molecule has 2 N–H and O–H groups in total. The maximum Gasteiger partial charge on any atom is 0.409 e. The van der Waals surface area contributed by atoms with E-state index in [0.717, 1.165) is 68.3 Å². The van der Waals surface area contributed by atoms with Crippen LogP contribution in [0.1, 0.15) is 50.0 Å². The molecule has 0 saturated carbocycles. The van der Waals surface area contributed by atoms with Crippen molar-refractivity contribution in [3.05, 3.63) is 54.1 Å². The Morgan fingerprint density at radius 3 is 2.50 bits per heavy atom. The second-order valence-electron chi connectivity index (χ2n) is 8.91. The first-order valence-corrected chi connectivity index (χ1v) is 12.1. The second-order valence-corrected chi connectivity index (χ2v) is 8.91. The van der Waals surface area contributed by atoms with E-state index in [4.69, 9.17) is 0 Å². The number of para-hydroxylation sites is 1. The summed E-state index contributed by atoms with van der Waals surface area (Å²) < 4.78 is 0. The van der Waals surface area contributed by atoms with Gasteiger partial charge < -0.3 is 19.7 Å². The molecule has 7 nitrogen and oxygen atoms in total. The minimum atomic E-state index is -1.05. The van der Waals surface area contributed by atoms with Crippen LogP contribution in [0.15, 0.2) is 48.5 Å². The topological polar surface area (TPSA) is 89.9 Å². The fourth-order valence-corrected chi connectivity index (χ4v) is 4.59. The third kappa shape index (κ3) is 7.15. The Kier molecular flexibility index (Phi) is 9.64. The summed E-state index contributed by atoms with van der Waals surface area (Å²) in [6.07, 6.45) is 4.25. The number of amides is 2. The van der Waals surface area contributed by atoms with E-state index in [1.54, 1.807) is 4.90 Å². The fourth-order valence-electron chi connectivity index (χ4n) is 4.59. The average molecular weight is 466 g/mol. The maximum absolute atomic E-state index is 12.3. The summed E-state index contributed by atoms with van der Waals surface area (Å²) in [6.45, 7) is 3.34. The zero-order valence-electron chi connectivity index (χ0n) is 19.9. The standard InChI is InChI=1S/C27H35N3O4/c1-29(25(32)13-6-3-7-20-31)18-19-30-16-14-22(15-17-30)24-12-8-11-23(26(24)28-27(33)34)21-9-4-2-5-10-21/h2,4-5,8-12,20,22,28H,3,6-7,13-19H2,1H3,(H,33,34). The molecule has 3 rings (SSSR count). The number of hydrogen-bond donors (Lipinski definition) is 2. The van der Waals surface area contributed by atoms with Crippen LogP contribution in [-0.2, 0) is 9.59 Å². The second kappa shape index (κ2) is 12.9. The van der Waals surface area contributed by atoms with Crippen LogP contribution >= 0.6 is 0 Å². The first-order chi connectivity index (χ1) is 16.5. The van der Waals surface area contributed by atoms with Crippen molar-refractivity contribution < 1.29 is 19.5 Å². The first-order valence-electron chi connectivity index (χ1n) is 12.1. The molecule has 182 valence electrons. The van der Waals surface area contributed by atoms with Crippen LogP contribution in [0.4, 0.5) is 10.5 Å². The van der Waals surface area contributed by atoms with Crippen molar-refractivity contribution in [2.75, 3.05) is 38.5 Å². The molecule has 0 aliphatic carbocycles. The van der Waals surface area contributed by atoms with E-state index >= 15 is 0 Å². The molecule has 2 aromatic rings. The molecule has 2 amide bonds. The van der Waals surface area contributed by atoms with Gasteiger partial charge in [-0.2, -0.15) is 0 Å². The minimum absolute atomic E-state index is 0.128. The predicted molar refractivity (Wildman–Crippen MR) is 134 cm³/mol. The minimum Gasteiger partial charge on any atom is -0.465 e. The van der Waals surface area contributed by atoms with Crippen molar-refractivity contribution in [2.24, 2.45) is 0 Å². The zero-order valence-corrected chi connectivity index (χ0v) is 19.9. The summed E-state index contributed by atoms with van der Waals surface area (Å²) in [5.74, 6) is 0.404. The van der Waals surface area contributed by atoms with Gasteiger partial charge in [0, 0.05) is 38.5 Å². The smallest absolute Gasteiger partial charge is 0.409 e. The van der Waals surface area contributed by atoms with Crippen molar-refractivity contribution in [1.29, 1.82) is 0 Å². The number of rotatable bonds is 11. The van der Waals surface area contributed by atoms with Gasteiger partial charge in [0.15, 0.2) is 0 Å². The Balaban J connectivity index is 1.58. The lowest BCUT2D eigenvalue weighted by Crippen LogP contribution is -2.40. The number of unbranched alkanes of at least 4 members (excludes halogenated alkanes) is 2. The Hall–Kier alpha value is -3.19. The third-order valence-electron chi connectivity index (χ3n) is 6.58. The number of carbonyl (C=O) groups excluding carboxylic acids is 2. The van der Waals surface area contributed by atoms with Crippen LogP contribution in [0.3, 0.4) is 0 Å². The Labute approximate surface area is 201 Å². The number of carbonyl (C=O) groups is 3. The highest BCUT2D eigenvalue weighted by Gasteiger charge is 2.25. The lowest BCUT2D eigenvalue weighted by molar-refractivity contribution is -0.130. The van der Waals surface area contributed by atoms with E-state index in [1.165, 1.54) is 0 Å². The van der Waals surface area contributed by atoms with E-state index in [9.17, 15) is 19.5 Å². The first kappa shape index (κ1) is 25.4. The Morgan fingerprint density at radius 2 is 1.82 bits per heavy atom. The molecule has 7 heteroatoms. The van der Waals surface area contributed by atoms with Crippen LogP contribution in [0.5, 0.6) is 0 Å². The lowest BCUT2D eigenvalue weighted by atomic mass is 9.86. The highest BCUT2D eigenvalue weighted by Crippen LogP contribution is 2.38. The molecule has 0 atom stereocenters. The Morgan fingerprint density at radius 1 is 1.09 bits per heavy atom. The van der Waals surface area contributed by atoms with Crippen LogP contribution in [0, 0.1) is 0 Å². The molecule has 2 aromatic carbocycles. The molecule has 34 heavy (non-hydrogen) atoms. The highest BCUT2D eigenvalue weighted by atomic mass is 16.4. The van der Waals surface area contributed by atoms with Crippen molar-refractivity contribution in [2.45, 2.75) is 44.4 Å². The van der Waals surface area contributed by atoms with Gasteiger partial charge in [0.25, 0.3) is 0 Å². The number of nitrogens with zero attached hydrogens (tertiary/aromatic N) is 2. The summed E-state index contributed by atoms with van der Waals surface area (Å²) in [7, 11) is 1.84. The van der Waals surface area contributed by atoms with Gasteiger partial charge >= 0.3 is 6.09 Å². The van der Waals surface area contributed by atoms with Crippen molar-refractivity contribution in [3.8, 4) is 11.1 Å². The number of hydrogen-bond acceptors (Lipinski definition) is 4. The molecule has 1 heterocycles. The number of benzene rings is 2. The number of aldehydes is 1. The van der Waals surface area contributed by atoms with Crippen molar-refractivity contribution >= 4 is 24.0 Å². The zero-order chi connectivity index (χ0) is 24.3. The molecule has 1 aliphatic rings. The molecule has 1 saturated heterocycles. The summed E-state index contributed by atoms with van der Waals surface area (Å²) in [6, 6.07) is 15.9. The molecule has 0 bridgehead atoms. The third-order valence-corrected chi connectivity index (χ3v) is 6.58. The molecular weight excluding hydrogens is 430 g/mol. The van der Waals surface area contributed by atoms with E-state index in [1.807, 2.05) is 55.6 Å². The number of likely N-dealkylation sites (N-methyl/N-ethyl adjacent to an activating group) is 1. The summed E-state index contributed by atoms with van der Waals surface area (Å²) >= 11 is 0. The van der Waals surface area contributed by atoms with Crippen LogP contribution in [0.25, 0.3) is 11.1 Å². The van der Waals surface area contributed by atoms with Crippen molar-refractivity contribution in [1.82, 2.24) is 9.80 Å². The molecule has 0 unspecified atom stereocenters. The summed E-state index contributed by atoms with van der Waals surface area (Å²) in [5.41, 5.74) is 3.62. The molecule has 1 aliphatic heterocycles. The van der Waals surface area contributed by atoms with Gasteiger partial charge in [0.05, 0.1) is 5.69 Å². The molecule has 0 spiro atoms. The van der Waals surface area contributed by atoms with Gasteiger partial charge in [-0.3, -0.25) is 10.1 Å². The highest BCUT2D eigenvalue weighted by molar-refractivity contribution is 5.92. The van der Waals surface area contributed by atoms with Gasteiger partial charge in [0.1, 0.15) is 6.29 Å². The lowest BCUT2D eigenvalue weighted by Gasteiger charge is -2.34. The van der Waals surface area contributed by atoms with Crippen LogP contribution in [-0.4, -0.2) is 66.4 Å². The quantitative estimate of drug-likeness (QED) is 0.366. The number of likely N-dealkylation sites (tertiary alicyclic amines) is 1. The normalized spacial score (nSPS) is 14.5. The summed E-state index contributed by atoms with van der Waals surface area (Å²) in [5, 5.41) is 12.1. The van der Waals surface area contributed by atoms with Gasteiger partial charge in [-0.15, -0.1) is 0 Å². The van der Waals surface area contributed by atoms with Gasteiger partial charge in [0.2, 0.25) is 5.91 Å². The maximum atomic E-state index is 12.3.